The van der Waals surface area contributed by atoms with E-state index in [9.17, 15) is 24.3 Å². The predicted octanol–water partition coefficient (Wildman–Crippen LogP) is 3.85. The number of carboxylic acids is 1. The Bertz CT molecular complexity index is 1460. The second-order valence-corrected chi connectivity index (χ2v) is 11.8. The fourth-order valence-corrected chi connectivity index (χ4v) is 4.08. The van der Waals surface area contributed by atoms with E-state index in [2.05, 4.69) is 15.6 Å². The molecule has 0 spiro atoms. The van der Waals surface area contributed by atoms with Gasteiger partial charge in [-0.3, -0.25) is 14.5 Å². The maximum atomic E-state index is 13.5. The largest absolute Gasteiger partial charge is 0.497 e. The second kappa shape index (κ2) is 14.7. The van der Waals surface area contributed by atoms with Crippen LogP contribution < -0.4 is 15.4 Å². The molecule has 0 saturated heterocycles. The first-order chi connectivity index (χ1) is 21.1. The van der Waals surface area contributed by atoms with Crippen molar-refractivity contribution in [3.05, 3.63) is 78.2 Å². The van der Waals surface area contributed by atoms with E-state index in [1.165, 1.54) is 45.1 Å². The zero-order chi connectivity index (χ0) is 33.4. The van der Waals surface area contributed by atoms with Gasteiger partial charge in [0.05, 0.1) is 26.7 Å². The third-order valence-corrected chi connectivity index (χ3v) is 6.90. The van der Waals surface area contributed by atoms with Crippen LogP contribution in [0.15, 0.2) is 67.1 Å². The SMILES string of the molecule is COc1ccc(C(C(=O)O)n2cnc(NC(=O)[C@@H](COCc3ccccc3)NC(=O)C(C)(C)N(C)C(=O)OC(C)(C)C)c2)cc1. The summed E-state index contributed by atoms with van der Waals surface area (Å²) < 4.78 is 17.7. The van der Waals surface area contributed by atoms with Gasteiger partial charge in [-0.2, -0.15) is 0 Å². The van der Waals surface area contributed by atoms with Crippen LogP contribution in [0.2, 0.25) is 0 Å². The van der Waals surface area contributed by atoms with Crippen LogP contribution in [0, 0.1) is 0 Å². The van der Waals surface area contributed by atoms with Crippen LogP contribution in [0.1, 0.15) is 51.8 Å². The number of imidazole rings is 1. The highest BCUT2D eigenvalue weighted by atomic mass is 16.6. The maximum absolute atomic E-state index is 13.5. The molecular weight excluding hydrogens is 582 g/mol. The molecule has 2 atom stereocenters. The number of carbonyl (C=O) groups excluding carboxylic acids is 3. The van der Waals surface area contributed by atoms with Crippen molar-refractivity contribution < 1.29 is 38.5 Å². The molecule has 0 aliphatic carbocycles. The summed E-state index contributed by atoms with van der Waals surface area (Å²) in [4.78, 5) is 57.1. The zero-order valence-electron chi connectivity index (χ0n) is 26.6. The van der Waals surface area contributed by atoms with Crippen molar-refractivity contribution in [3.63, 3.8) is 0 Å². The van der Waals surface area contributed by atoms with Crippen molar-refractivity contribution in [2.24, 2.45) is 0 Å². The normalized spacial score (nSPS) is 12.9. The molecule has 0 bridgehead atoms. The third-order valence-electron chi connectivity index (χ3n) is 6.90. The molecule has 0 fully saturated rings. The predicted molar refractivity (Wildman–Crippen MR) is 166 cm³/mol. The van der Waals surface area contributed by atoms with Crippen LogP contribution >= 0.6 is 0 Å². The Kier molecular flexibility index (Phi) is 11.3. The van der Waals surface area contributed by atoms with Gasteiger partial charge in [0.2, 0.25) is 5.91 Å². The number of carboxylic acid groups (broad SMARTS) is 1. The number of carbonyl (C=O) groups is 4. The number of aromatic nitrogens is 2. The van der Waals surface area contributed by atoms with E-state index in [-0.39, 0.29) is 19.0 Å². The summed E-state index contributed by atoms with van der Waals surface area (Å²) in [7, 11) is 2.94. The van der Waals surface area contributed by atoms with Crippen molar-refractivity contribution in [3.8, 4) is 5.75 Å². The van der Waals surface area contributed by atoms with E-state index >= 15 is 0 Å². The lowest BCUT2D eigenvalue weighted by molar-refractivity contribution is -0.139. The van der Waals surface area contributed by atoms with Gasteiger partial charge in [0.15, 0.2) is 11.9 Å². The van der Waals surface area contributed by atoms with Gasteiger partial charge in [0.25, 0.3) is 5.91 Å². The number of hydrogen-bond donors (Lipinski definition) is 3. The van der Waals surface area contributed by atoms with Crippen LogP contribution in [-0.4, -0.2) is 81.4 Å². The van der Waals surface area contributed by atoms with Crippen molar-refractivity contribution >= 4 is 29.7 Å². The average Bonchev–Trinajstić information content (AvgIpc) is 3.43. The minimum absolute atomic E-state index is 0.0622. The van der Waals surface area contributed by atoms with Crippen molar-refractivity contribution in [2.45, 2.75) is 64.4 Å². The van der Waals surface area contributed by atoms with Gasteiger partial charge < -0.3 is 34.5 Å². The molecule has 0 radical (unpaired) electrons. The van der Waals surface area contributed by atoms with Crippen molar-refractivity contribution in [1.82, 2.24) is 19.8 Å². The maximum Gasteiger partial charge on any atom is 0.410 e. The van der Waals surface area contributed by atoms with Gasteiger partial charge in [-0.05, 0) is 57.9 Å². The summed E-state index contributed by atoms with van der Waals surface area (Å²) in [6.07, 6.45) is 1.96. The third kappa shape index (κ3) is 9.54. The number of amides is 3. The number of ether oxygens (including phenoxy) is 3. The topological polar surface area (TPSA) is 161 Å². The molecule has 0 aliphatic heterocycles. The molecule has 3 amide bonds. The second-order valence-electron chi connectivity index (χ2n) is 11.8. The standard InChI is InChI=1S/C32H41N5O8/c1-31(2,3)45-30(42)36(6)32(4,5)29(41)34-24(19-44-18-21-11-9-8-10-12-21)27(38)35-25-17-37(20-33-25)26(28(39)40)22-13-15-23(43-7)16-14-22/h8-17,20,24,26H,18-19H2,1-7H3,(H,34,41)(H,35,38)(H,39,40)/t24-,26?/m1/s1. The van der Waals surface area contributed by atoms with Crippen LogP contribution in [0.3, 0.4) is 0 Å². The number of nitrogens with zero attached hydrogens (tertiary/aromatic N) is 3. The summed E-state index contributed by atoms with van der Waals surface area (Å²) in [5.74, 6) is -1.79. The van der Waals surface area contributed by atoms with Gasteiger partial charge in [-0.15, -0.1) is 0 Å². The summed E-state index contributed by atoms with van der Waals surface area (Å²) in [6, 6.07) is 13.5. The molecule has 13 heteroatoms. The van der Waals surface area contributed by atoms with Gasteiger partial charge in [-0.25, -0.2) is 14.6 Å². The van der Waals surface area contributed by atoms with E-state index in [1.54, 1.807) is 45.0 Å². The molecule has 242 valence electrons. The molecule has 0 saturated carbocycles. The first-order valence-corrected chi connectivity index (χ1v) is 14.2. The number of nitrogens with one attached hydrogen (secondary N) is 2. The Balaban J connectivity index is 1.79. The van der Waals surface area contributed by atoms with Crippen molar-refractivity contribution in [2.75, 3.05) is 26.1 Å². The Morgan fingerprint density at radius 2 is 1.64 bits per heavy atom. The fourth-order valence-electron chi connectivity index (χ4n) is 4.08. The lowest BCUT2D eigenvalue weighted by Crippen LogP contribution is -2.60. The number of methoxy groups -OCH3 is 1. The van der Waals surface area contributed by atoms with Gasteiger partial charge in [0, 0.05) is 13.2 Å². The molecule has 0 aliphatic rings. The molecule has 45 heavy (non-hydrogen) atoms. The minimum atomic E-state index is -1.41. The molecule has 3 N–H and O–H groups in total. The van der Waals surface area contributed by atoms with E-state index < -0.39 is 47.1 Å². The molecule has 1 heterocycles. The summed E-state index contributed by atoms with van der Waals surface area (Å²) in [5, 5.41) is 15.2. The van der Waals surface area contributed by atoms with Crippen LogP contribution in [0.4, 0.5) is 10.6 Å². The lowest BCUT2D eigenvalue weighted by Gasteiger charge is -2.36. The summed E-state index contributed by atoms with van der Waals surface area (Å²) in [6.45, 7) is 8.17. The Morgan fingerprint density at radius 1 is 1.00 bits per heavy atom. The summed E-state index contributed by atoms with van der Waals surface area (Å²) in [5.41, 5.74) is -0.851. The lowest BCUT2D eigenvalue weighted by atomic mass is 10.0. The highest BCUT2D eigenvalue weighted by molar-refractivity contribution is 5.98. The molecule has 3 rings (SSSR count). The van der Waals surface area contributed by atoms with E-state index in [1.807, 2.05) is 30.3 Å². The van der Waals surface area contributed by atoms with Gasteiger partial charge in [-0.1, -0.05) is 42.5 Å². The van der Waals surface area contributed by atoms with E-state index in [4.69, 9.17) is 14.2 Å². The Labute approximate surface area is 262 Å². The number of hydrogen-bond acceptors (Lipinski definition) is 8. The number of anilines is 1. The molecule has 13 nitrogen and oxygen atoms in total. The quantitative estimate of drug-likeness (QED) is 0.257. The first-order valence-electron chi connectivity index (χ1n) is 14.2. The van der Waals surface area contributed by atoms with Crippen LogP contribution in [-0.2, 0) is 30.5 Å². The van der Waals surface area contributed by atoms with Gasteiger partial charge >= 0.3 is 12.1 Å². The average molecular weight is 624 g/mol. The van der Waals surface area contributed by atoms with E-state index in [0.29, 0.717) is 11.3 Å². The Morgan fingerprint density at radius 3 is 2.22 bits per heavy atom. The molecular formula is C32H41N5O8. The fraction of sp³-hybridized carbons (Fsp3) is 0.406. The highest BCUT2D eigenvalue weighted by Crippen LogP contribution is 2.23. The molecule has 3 aromatic rings. The molecule has 1 unspecified atom stereocenters. The summed E-state index contributed by atoms with van der Waals surface area (Å²) >= 11 is 0. The van der Waals surface area contributed by atoms with Crippen molar-refractivity contribution in [1.29, 1.82) is 0 Å². The highest BCUT2D eigenvalue weighted by Gasteiger charge is 2.39. The number of likely N-dealkylation sites (N-methyl/N-ethyl adjacent to an activating group) is 1. The van der Waals surface area contributed by atoms with E-state index in [0.717, 1.165) is 10.5 Å². The smallest absolute Gasteiger partial charge is 0.410 e. The first kappa shape index (κ1) is 34.6. The van der Waals surface area contributed by atoms with Crippen LogP contribution in [0.5, 0.6) is 5.75 Å². The number of benzene rings is 2. The van der Waals surface area contributed by atoms with Gasteiger partial charge in [0.1, 0.15) is 22.9 Å². The zero-order valence-corrected chi connectivity index (χ0v) is 26.6. The van der Waals surface area contributed by atoms with Crippen LogP contribution in [0.25, 0.3) is 0 Å². The monoisotopic (exact) mass is 623 g/mol. The minimum Gasteiger partial charge on any atom is -0.497 e. The molecule has 1 aromatic heterocycles. The number of rotatable bonds is 13. The number of aliphatic carboxylic acids is 1. The Hall–Kier alpha value is -4.91. The molecule has 2 aromatic carbocycles.